The first-order valence-corrected chi connectivity index (χ1v) is 9.19. The van der Waals surface area contributed by atoms with Gasteiger partial charge < -0.3 is 5.32 Å². The van der Waals surface area contributed by atoms with Crippen LogP contribution in [-0.4, -0.2) is 11.9 Å². The summed E-state index contributed by atoms with van der Waals surface area (Å²) in [5.41, 5.74) is 3.44. The minimum absolute atomic E-state index is 0.0900. The molecule has 0 heterocycles. The summed E-state index contributed by atoms with van der Waals surface area (Å²) < 4.78 is 40.0. The van der Waals surface area contributed by atoms with Crippen LogP contribution in [0, 0.1) is 17.5 Å². The largest absolute Gasteiger partial charge is 0.322 e. The fourth-order valence-corrected chi connectivity index (χ4v) is 3.43. The van der Waals surface area contributed by atoms with E-state index in [1.807, 2.05) is 6.92 Å². The van der Waals surface area contributed by atoms with Gasteiger partial charge >= 0.3 is 0 Å². The maximum atomic E-state index is 13.7. The van der Waals surface area contributed by atoms with Crippen molar-refractivity contribution >= 4 is 11.6 Å². The second-order valence-corrected chi connectivity index (χ2v) is 7.06. The van der Waals surface area contributed by atoms with Crippen LogP contribution in [-0.2, 0) is 17.6 Å². The molecule has 0 radical (unpaired) electrons. The topological polar surface area (TPSA) is 41.1 Å². The lowest BCUT2D eigenvalue weighted by atomic mass is 9.89. The molecule has 2 N–H and O–H groups in total. The van der Waals surface area contributed by atoms with E-state index in [0.717, 1.165) is 30.5 Å². The molecule has 3 rings (SSSR count). The number of nitrogens with one attached hydrogen (secondary N) is 2. The number of amides is 1. The predicted octanol–water partition coefficient (Wildman–Crippen LogP) is 4.66. The van der Waals surface area contributed by atoms with Crippen molar-refractivity contribution in [2.45, 2.75) is 51.6 Å². The summed E-state index contributed by atoms with van der Waals surface area (Å²) >= 11 is 0. The van der Waals surface area contributed by atoms with Gasteiger partial charge in [0.05, 0.1) is 11.7 Å². The summed E-state index contributed by atoms with van der Waals surface area (Å²) in [6, 6.07) is 7.42. The second kappa shape index (κ2) is 8.13. The zero-order valence-electron chi connectivity index (χ0n) is 15.4. The fourth-order valence-electron chi connectivity index (χ4n) is 3.43. The van der Waals surface area contributed by atoms with Gasteiger partial charge in [0.15, 0.2) is 17.5 Å². The molecule has 2 atom stereocenters. The zero-order chi connectivity index (χ0) is 19.6. The Morgan fingerprint density at radius 3 is 2.41 bits per heavy atom. The number of hydrogen-bond acceptors (Lipinski definition) is 2. The Morgan fingerprint density at radius 1 is 0.963 bits per heavy atom. The van der Waals surface area contributed by atoms with E-state index < -0.39 is 29.4 Å². The van der Waals surface area contributed by atoms with Crippen molar-refractivity contribution in [3.05, 3.63) is 64.5 Å². The first-order valence-electron chi connectivity index (χ1n) is 9.19. The van der Waals surface area contributed by atoms with Gasteiger partial charge in [-0.15, -0.1) is 0 Å². The van der Waals surface area contributed by atoms with Crippen molar-refractivity contribution in [2.75, 3.05) is 5.32 Å². The number of benzene rings is 2. The molecular weight excluding hydrogens is 353 g/mol. The molecule has 27 heavy (non-hydrogen) atoms. The monoisotopic (exact) mass is 376 g/mol. The first kappa shape index (κ1) is 19.4. The third-order valence-corrected chi connectivity index (χ3v) is 5.06. The van der Waals surface area contributed by atoms with Gasteiger partial charge in [0.2, 0.25) is 5.91 Å². The number of fused-ring (bicyclic) bond motifs is 1. The van der Waals surface area contributed by atoms with Gasteiger partial charge in [0.1, 0.15) is 0 Å². The number of carbonyl (C=O) groups is 1. The minimum Gasteiger partial charge on any atom is -0.322 e. The standard InChI is InChI=1S/C21H23F3N2O/c1-12(15-8-7-14-5-3-4-6-16(14)11-15)25-13(2)21(27)26-18-10-9-17(22)19(23)20(18)24/h7-13,25H,3-6H2,1-2H3,(H,26,27)/t12-,13-/m0/s1. The number of halogens is 3. The maximum Gasteiger partial charge on any atom is 0.241 e. The molecule has 0 saturated carbocycles. The van der Waals surface area contributed by atoms with Gasteiger partial charge in [-0.1, -0.05) is 18.2 Å². The van der Waals surface area contributed by atoms with E-state index in [4.69, 9.17) is 0 Å². The van der Waals surface area contributed by atoms with Crippen LogP contribution >= 0.6 is 0 Å². The Balaban J connectivity index is 1.65. The molecule has 0 aromatic heterocycles. The number of aryl methyl sites for hydroxylation is 2. The lowest BCUT2D eigenvalue weighted by molar-refractivity contribution is -0.118. The van der Waals surface area contributed by atoms with Crippen molar-refractivity contribution in [1.82, 2.24) is 5.32 Å². The normalized spacial score (nSPS) is 15.7. The predicted molar refractivity (Wildman–Crippen MR) is 99.0 cm³/mol. The van der Waals surface area contributed by atoms with Crippen molar-refractivity contribution in [3.8, 4) is 0 Å². The lowest BCUT2D eigenvalue weighted by Crippen LogP contribution is -2.39. The lowest BCUT2D eigenvalue weighted by Gasteiger charge is -2.23. The Labute approximate surface area is 157 Å². The van der Waals surface area contributed by atoms with E-state index >= 15 is 0 Å². The quantitative estimate of drug-likeness (QED) is 0.745. The van der Waals surface area contributed by atoms with Gasteiger partial charge in [-0.05, 0) is 68.4 Å². The molecule has 0 spiro atoms. The average Bonchev–Trinajstić information content (AvgIpc) is 2.67. The highest BCUT2D eigenvalue weighted by Crippen LogP contribution is 2.25. The summed E-state index contributed by atoms with van der Waals surface area (Å²) in [7, 11) is 0. The van der Waals surface area contributed by atoms with Gasteiger partial charge in [-0.25, -0.2) is 13.2 Å². The summed E-state index contributed by atoms with van der Waals surface area (Å²) in [5.74, 6) is -4.82. The number of rotatable bonds is 5. The smallest absolute Gasteiger partial charge is 0.241 e. The number of hydrogen-bond donors (Lipinski definition) is 2. The molecule has 0 bridgehead atoms. The number of carbonyl (C=O) groups excluding carboxylic acids is 1. The highest BCUT2D eigenvalue weighted by molar-refractivity contribution is 5.94. The van der Waals surface area contributed by atoms with Crippen LogP contribution in [0.25, 0.3) is 0 Å². The molecule has 0 saturated heterocycles. The van der Waals surface area contributed by atoms with E-state index in [-0.39, 0.29) is 11.7 Å². The molecule has 0 unspecified atom stereocenters. The van der Waals surface area contributed by atoms with E-state index in [9.17, 15) is 18.0 Å². The van der Waals surface area contributed by atoms with E-state index in [1.165, 1.54) is 24.0 Å². The molecular formula is C21H23F3N2O. The Bertz CT molecular complexity index is 854. The molecule has 2 aromatic carbocycles. The van der Waals surface area contributed by atoms with Gasteiger partial charge in [0, 0.05) is 6.04 Å². The fraction of sp³-hybridized carbons (Fsp3) is 0.381. The van der Waals surface area contributed by atoms with E-state index in [0.29, 0.717) is 0 Å². The van der Waals surface area contributed by atoms with E-state index in [2.05, 4.69) is 28.8 Å². The van der Waals surface area contributed by atoms with Crippen LogP contribution in [0.1, 0.15) is 49.4 Å². The van der Waals surface area contributed by atoms with Crippen LogP contribution in [0.15, 0.2) is 30.3 Å². The van der Waals surface area contributed by atoms with Crippen molar-refractivity contribution in [2.24, 2.45) is 0 Å². The summed E-state index contributed by atoms with van der Waals surface area (Å²) in [6.07, 6.45) is 4.59. The summed E-state index contributed by atoms with van der Waals surface area (Å²) in [4.78, 5) is 12.3. The molecule has 144 valence electrons. The van der Waals surface area contributed by atoms with Gasteiger partial charge in [-0.3, -0.25) is 10.1 Å². The molecule has 3 nitrogen and oxygen atoms in total. The molecule has 0 fully saturated rings. The van der Waals surface area contributed by atoms with Crippen molar-refractivity contribution in [3.63, 3.8) is 0 Å². The average molecular weight is 376 g/mol. The van der Waals surface area contributed by atoms with Crippen LogP contribution in [0.3, 0.4) is 0 Å². The third-order valence-electron chi connectivity index (χ3n) is 5.06. The zero-order valence-corrected chi connectivity index (χ0v) is 15.4. The Morgan fingerprint density at radius 2 is 1.67 bits per heavy atom. The molecule has 1 amide bonds. The Hall–Kier alpha value is -2.34. The van der Waals surface area contributed by atoms with E-state index in [1.54, 1.807) is 6.92 Å². The Kier molecular flexibility index (Phi) is 5.85. The third kappa shape index (κ3) is 4.33. The minimum atomic E-state index is -1.60. The van der Waals surface area contributed by atoms with Gasteiger partial charge in [-0.2, -0.15) is 0 Å². The summed E-state index contributed by atoms with van der Waals surface area (Å²) in [6.45, 7) is 3.59. The molecule has 1 aliphatic carbocycles. The van der Waals surface area contributed by atoms with Crippen LogP contribution < -0.4 is 10.6 Å². The molecule has 2 aromatic rings. The first-order chi connectivity index (χ1) is 12.9. The van der Waals surface area contributed by atoms with Crippen molar-refractivity contribution < 1.29 is 18.0 Å². The van der Waals surface area contributed by atoms with Crippen LogP contribution in [0.4, 0.5) is 18.9 Å². The molecule has 0 aliphatic heterocycles. The number of anilines is 1. The molecule has 6 heteroatoms. The van der Waals surface area contributed by atoms with Crippen LogP contribution in [0.2, 0.25) is 0 Å². The van der Waals surface area contributed by atoms with Gasteiger partial charge in [0.25, 0.3) is 0 Å². The second-order valence-electron chi connectivity index (χ2n) is 7.06. The maximum absolute atomic E-state index is 13.7. The summed E-state index contributed by atoms with van der Waals surface area (Å²) in [5, 5.41) is 5.47. The SMILES string of the molecule is C[C@H](N[C@@H](C)c1ccc2c(c1)CCCC2)C(=O)Nc1ccc(F)c(F)c1F. The highest BCUT2D eigenvalue weighted by atomic mass is 19.2. The van der Waals surface area contributed by atoms with Crippen LogP contribution in [0.5, 0.6) is 0 Å². The van der Waals surface area contributed by atoms with Crippen molar-refractivity contribution in [1.29, 1.82) is 0 Å². The highest BCUT2D eigenvalue weighted by Gasteiger charge is 2.21. The molecule has 1 aliphatic rings.